The summed E-state index contributed by atoms with van der Waals surface area (Å²) in [5, 5.41) is 4.34. The summed E-state index contributed by atoms with van der Waals surface area (Å²) >= 11 is 5.82. The van der Waals surface area contributed by atoms with Crippen molar-refractivity contribution in [3.05, 3.63) is 40.9 Å². The number of ether oxygens (including phenoxy) is 1. The van der Waals surface area contributed by atoms with E-state index in [4.69, 9.17) is 16.3 Å². The van der Waals surface area contributed by atoms with Crippen molar-refractivity contribution in [3.63, 3.8) is 0 Å². The van der Waals surface area contributed by atoms with Crippen LogP contribution < -0.4 is 10.2 Å². The lowest BCUT2D eigenvalue weighted by Gasteiger charge is -2.07. The van der Waals surface area contributed by atoms with Gasteiger partial charge in [-0.1, -0.05) is 17.7 Å². The Morgan fingerprint density at radius 1 is 1.56 bits per heavy atom. The molecular weight excluding hydrogens is 252 g/mol. The third-order valence-corrected chi connectivity index (χ3v) is 2.27. The Hall–Kier alpha value is -1.81. The molecule has 0 fully saturated rings. The summed E-state index contributed by atoms with van der Waals surface area (Å²) in [6.45, 7) is 3.64. The molecule has 1 rings (SSSR count). The highest BCUT2D eigenvalue weighted by Crippen LogP contribution is 2.21. The average molecular weight is 267 g/mol. The van der Waals surface area contributed by atoms with Crippen molar-refractivity contribution in [1.82, 2.24) is 5.43 Å². The van der Waals surface area contributed by atoms with Crippen LogP contribution in [0.25, 0.3) is 0 Å². The van der Waals surface area contributed by atoms with Gasteiger partial charge in [-0.25, -0.2) is 5.43 Å². The molecule has 0 spiro atoms. The van der Waals surface area contributed by atoms with Gasteiger partial charge in [-0.2, -0.15) is 5.10 Å². The van der Waals surface area contributed by atoms with Crippen LogP contribution in [0.1, 0.15) is 12.5 Å². The van der Waals surface area contributed by atoms with E-state index in [9.17, 15) is 4.79 Å². The molecule has 0 aliphatic carbocycles. The van der Waals surface area contributed by atoms with E-state index < -0.39 is 0 Å². The molecule has 0 atom stereocenters. The van der Waals surface area contributed by atoms with Gasteiger partial charge in [0.2, 0.25) is 0 Å². The second-order valence-corrected chi connectivity index (χ2v) is 3.97. The summed E-state index contributed by atoms with van der Waals surface area (Å²) in [7, 11) is 0. The van der Waals surface area contributed by atoms with E-state index in [1.165, 1.54) is 6.21 Å². The first-order valence-electron chi connectivity index (χ1n) is 5.45. The van der Waals surface area contributed by atoms with E-state index in [2.05, 4.69) is 10.5 Å². The fraction of sp³-hybridized carbons (Fsp3) is 0.231. The third kappa shape index (κ3) is 5.01. The summed E-state index contributed by atoms with van der Waals surface area (Å²) in [6.07, 6.45) is 5.01. The minimum atomic E-state index is -0.315. The molecule has 4 nitrogen and oxygen atoms in total. The monoisotopic (exact) mass is 266 g/mol. The maximum Gasteiger partial charge on any atom is 0.277 e. The lowest BCUT2D eigenvalue weighted by atomic mass is 10.2. The molecule has 0 radical (unpaired) electrons. The molecule has 1 amide bonds. The number of aryl methyl sites for hydroxylation is 1. The van der Waals surface area contributed by atoms with Gasteiger partial charge in [0, 0.05) is 11.2 Å². The number of carbonyl (C=O) groups is 1. The predicted octanol–water partition coefficient (Wildman–Crippen LogP) is 2.71. The zero-order valence-electron chi connectivity index (χ0n) is 10.3. The Morgan fingerprint density at radius 3 is 3.00 bits per heavy atom. The van der Waals surface area contributed by atoms with Crippen LogP contribution in [-0.2, 0) is 4.79 Å². The fourth-order valence-electron chi connectivity index (χ4n) is 1.19. The summed E-state index contributed by atoms with van der Waals surface area (Å²) in [5.41, 5.74) is 3.23. The molecule has 18 heavy (non-hydrogen) atoms. The van der Waals surface area contributed by atoms with Gasteiger partial charge in [0.05, 0.1) is 0 Å². The Kier molecular flexibility index (Phi) is 5.94. The van der Waals surface area contributed by atoms with Gasteiger partial charge in [0.25, 0.3) is 5.91 Å². The second kappa shape index (κ2) is 7.50. The normalized spacial score (nSPS) is 11.1. The first kappa shape index (κ1) is 14.3. The molecule has 0 bridgehead atoms. The van der Waals surface area contributed by atoms with Gasteiger partial charge < -0.3 is 4.74 Å². The number of carbonyl (C=O) groups excluding carboxylic acids is 1. The molecule has 0 unspecified atom stereocenters. The number of halogens is 1. The fourth-order valence-corrected chi connectivity index (χ4v) is 1.42. The SMILES string of the molecule is CC=CC=NNC(=O)COc1ccc(Cl)cc1C. The van der Waals surface area contributed by atoms with E-state index >= 15 is 0 Å². The first-order valence-corrected chi connectivity index (χ1v) is 5.83. The third-order valence-electron chi connectivity index (χ3n) is 2.04. The van der Waals surface area contributed by atoms with Crippen molar-refractivity contribution in [1.29, 1.82) is 0 Å². The maximum absolute atomic E-state index is 11.4. The van der Waals surface area contributed by atoms with Crippen molar-refractivity contribution in [2.45, 2.75) is 13.8 Å². The molecular formula is C13H15ClN2O2. The molecule has 1 N–H and O–H groups in total. The zero-order valence-corrected chi connectivity index (χ0v) is 11.1. The Bertz CT molecular complexity index is 470. The molecule has 0 saturated heterocycles. The van der Waals surface area contributed by atoms with Crippen LogP contribution in [0.4, 0.5) is 0 Å². The number of allylic oxidation sites excluding steroid dienone is 2. The number of benzene rings is 1. The minimum absolute atomic E-state index is 0.0876. The van der Waals surface area contributed by atoms with Crippen molar-refractivity contribution in [2.75, 3.05) is 6.61 Å². The summed E-state index contributed by atoms with van der Waals surface area (Å²) in [6, 6.07) is 5.22. The van der Waals surface area contributed by atoms with Crippen molar-refractivity contribution in [2.24, 2.45) is 5.10 Å². The van der Waals surface area contributed by atoms with Crippen LogP contribution >= 0.6 is 11.6 Å². The van der Waals surface area contributed by atoms with Crippen LogP contribution in [0.3, 0.4) is 0 Å². The quantitative estimate of drug-likeness (QED) is 0.658. The van der Waals surface area contributed by atoms with Gasteiger partial charge in [0.1, 0.15) is 5.75 Å². The topological polar surface area (TPSA) is 50.7 Å². The number of rotatable bonds is 5. The van der Waals surface area contributed by atoms with Gasteiger partial charge in [0.15, 0.2) is 6.61 Å². The summed E-state index contributed by atoms with van der Waals surface area (Å²) in [4.78, 5) is 11.4. The van der Waals surface area contributed by atoms with Crippen molar-refractivity contribution in [3.8, 4) is 5.75 Å². The molecule has 1 aromatic rings. The van der Waals surface area contributed by atoms with E-state index in [0.29, 0.717) is 10.8 Å². The Labute approximate surface area is 111 Å². The van der Waals surface area contributed by atoms with Crippen molar-refractivity contribution >= 4 is 23.7 Å². The standard InChI is InChI=1S/C13H15ClN2O2/c1-3-4-7-15-16-13(17)9-18-12-6-5-11(14)8-10(12)2/h3-8H,9H2,1-2H3,(H,16,17). The molecule has 1 aromatic carbocycles. The van der Waals surface area contributed by atoms with E-state index in [-0.39, 0.29) is 12.5 Å². The van der Waals surface area contributed by atoms with Gasteiger partial charge >= 0.3 is 0 Å². The largest absolute Gasteiger partial charge is 0.483 e. The number of nitrogens with one attached hydrogen (secondary N) is 1. The first-order chi connectivity index (χ1) is 8.63. The number of nitrogens with zero attached hydrogens (tertiary/aromatic N) is 1. The van der Waals surface area contributed by atoms with E-state index in [0.717, 1.165) is 5.56 Å². The van der Waals surface area contributed by atoms with Crippen LogP contribution in [-0.4, -0.2) is 18.7 Å². The van der Waals surface area contributed by atoms with E-state index in [1.54, 1.807) is 24.3 Å². The van der Waals surface area contributed by atoms with Gasteiger partial charge in [-0.05, 0) is 43.7 Å². The molecule has 0 aliphatic heterocycles. The van der Waals surface area contributed by atoms with Crippen LogP contribution in [0, 0.1) is 6.92 Å². The predicted molar refractivity (Wildman–Crippen MR) is 73.1 cm³/mol. The summed E-state index contributed by atoms with van der Waals surface area (Å²) in [5.74, 6) is 0.317. The Balaban J connectivity index is 2.42. The maximum atomic E-state index is 11.4. The highest BCUT2D eigenvalue weighted by atomic mass is 35.5. The van der Waals surface area contributed by atoms with Gasteiger partial charge in [-0.3, -0.25) is 4.79 Å². The number of hydrogen-bond acceptors (Lipinski definition) is 3. The number of hydrazone groups is 1. The van der Waals surface area contributed by atoms with E-state index in [1.807, 2.05) is 19.9 Å². The van der Waals surface area contributed by atoms with Crippen molar-refractivity contribution < 1.29 is 9.53 Å². The van der Waals surface area contributed by atoms with Crippen LogP contribution in [0.15, 0.2) is 35.5 Å². The molecule has 0 aromatic heterocycles. The summed E-state index contributed by atoms with van der Waals surface area (Å²) < 4.78 is 5.35. The van der Waals surface area contributed by atoms with Crippen LogP contribution in [0.5, 0.6) is 5.75 Å². The highest BCUT2D eigenvalue weighted by molar-refractivity contribution is 6.30. The molecule has 96 valence electrons. The molecule has 0 saturated carbocycles. The minimum Gasteiger partial charge on any atom is -0.483 e. The molecule has 0 aliphatic rings. The number of hydrogen-bond donors (Lipinski definition) is 1. The smallest absolute Gasteiger partial charge is 0.277 e. The number of amides is 1. The second-order valence-electron chi connectivity index (χ2n) is 3.54. The zero-order chi connectivity index (χ0) is 13.4. The van der Waals surface area contributed by atoms with Gasteiger partial charge in [-0.15, -0.1) is 0 Å². The highest BCUT2D eigenvalue weighted by Gasteiger charge is 2.04. The average Bonchev–Trinajstić information content (AvgIpc) is 2.33. The lowest BCUT2D eigenvalue weighted by molar-refractivity contribution is -0.123. The molecule has 0 heterocycles. The lowest BCUT2D eigenvalue weighted by Crippen LogP contribution is -2.24. The van der Waals surface area contributed by atoms with Crippen LogP contribution in [0.2, 0.25) is 5.02 Å². The Morgan fingerprint density at radius 2 is 2.33 bits per heavy atom. The molecule has 5 heteroatoms.